The fourth-order valence-electron chi connectivity index (χ4n) is 5.81. The molecule has 17 unspecified atom stereocenters. The Morgan fingerprint density at radius 1 is 0.636 bits per heavy atom. The fourth-order valence-corrected chi connectivity index (χ4v) is 5.81. The summed E-state index contributed by atoms with van der Waals surface area (Å²) in [5, 5.41) is 136. The molecule has 3 fully saturated rings. The zero-order chi connectivity index (χ0) is 32.6. The third-order valence-corrected chi connectivity index (χ3v) is 8.48. The predicted octanol–water partition coefficient (Wildman–Crippen LogP) is -8.56. The topological polar surface area (TPSA) is 321 Å². The van der Waals surface area contributed by atoms with Gasteiger partial charge in [0.2, 0.25) is 0 Å². The largest absolute Gasteiger partial charge is 0.394 e. The highest BCUT2D eigenvalue weighted by Crippen LogP contribution is 2.32. The molecule has 0 amide bonds. The van der Waals surface area contributed by atoms with Gasteiger partial charge in [-0.15, -0.1) is 0 Å². The summed E-state index contributed by atoms with van der Waals surface area (Å²) < 4.78 is 27.4. The minimum atomic E-state index is -1.93. The lowest BCUT2D eigenvalue weighted by atomic mass is 9.86. The van der Waals surface area contributed by atoms with E-state index in [9.17, 15) is 66.4 Å². The minimum absolute atomic E-state index is 0.0225. The summed E-state index contributed by atoms with van der Waals surface area (Å²) >= 11 is 0. The summed E-state index contributed by atoms with van der Waals surface area (Å²) in [6.45, 7) is -0.753. The van der Waals surface area contributed by atoms with Crippen molar-refractivity contribution in [3.8, 4) is 0 Å². The molecule has 0 radical (unpaired) electrons. The molecule has 19 nitrogen and oxygen atoms in total. The molecule has 0 aromatic carbocycles. The molecule has 0 saturated carbocycles. The van der Waals surface area contributed by atoms with E-state index in [1.54, 1.807) is 0 Å². The first-order chi connectivity index (χ1) is 20.7. The van der Waals surface area contributed by atoms with E-state index in [4.69, 9.17) is 23.7 Å². The molecule has 19 heteroatoms. The molecule has 3 aliphatic heterocycles. The van der Waals surface area contributed by atoms with Gasteiger partial charge in [0, 0.05) is 0 Å². The summed E-state index contributed by atoms with van der Waals surface area (Å²) in [5.41, 5.74) is 0.0225. The normalized spacial score (nSPS) is 52.0. The average Bonchev–Trinajstić information content (AvgIpc) is 3.00. The Morgan fingerprint density at radius 2 is 1.16 bits per heavy atom. The number of hydrogen-bond acceptors (Lipinski definition) is 19. The molecule has 3 saturated heterocycles. The lowest BCUT2D eigenvalue weighted by Gasteiger charge is -2.48. The van der Waals surface area contributed by atoms with Crippen molar-refractivity contribution in [2.75, 3.05) is 19.8 Å². The van der Waals surface area contributed by atoms with E-state index in [1.807, 2.05) is 0 Å². The van der Waals surface area contributed by atoms with Crippen molar-refractivity contribution in [2.24, 2.45) is 0 Å². The van der Waals surface area contributed by atoms with Crippen molar-refractivity contribution >= 4 is 0 Å². The van der Waals surface area contributed by atoms with Gasteiger partial charge in [-0.25, -0.2) is 0 Å². The van der Waals surface area contributed by atoms with Crippen LogP contribution in [0.5, 0.6) is 0 Å². The van der Waals surface area contributed by atoms with Crippen LogP contribution in [-0.4, -0.2) is 203 Å². The third kappa shape index (κ3) is 6.96. The molecule has 0 aromatic rings. The van der Waals surface area contributed by atoms with Crippen LogP contribution in [0.3, 0.4) is 0 Å². The van der Waals surface area contributed by atoms with Gasteiger partial charge < -0.3 is 95.4 Å². The van der Waals surface area contributed by atoms with E-state index in [-0.39, 0.29) is 5.57 Å². The predicted molar refractivity (Wildman–Crippen MR) is 138 cm³/mol. The molecule has 256 valence electrons. The van der Waals surface area contributed by atoms with E-state index in [2.05, 4.69) is 5.32 Å². The van der Waals surface area contributed by atoms with Crippen LogP contribution in [0.4, 0.5) is 0 Å². The van der Waals surface area contributed by atoms with E-state index in [0.29, 0.717) is 0 Å². The maximum Gasteiger partial charge on any atom is 0.187 e. The Hall–Kier alpha value is -1.02. The van der Waals surface area contributed by atoms with Crippen LogP contribution in [0.25, 0.3) is 0 Å². The maximum atomic E-state index is 10.9. The summed E-state index contributed by atoms with van der Waals surface area (Å²) in [7, 11) is 0. The first-order valence-electron chi connectivity index (χ1n) is 14.1. The summed E-state index contributed by atoms with van der Waals surface area (Å²) in [5.74, 6) is 0. The molecule has 1 aliphatic carbocycles. The van der Waals surface area contributed by atoms with Crippen LogP contribution in [0.15, 0.2) is 11.6 Å². The second-order valence-corrected chi connectivity index (χ2v) is 11.4. The van der Waals surface area contributed by atoms with Crippen molar-refractivity contribution in [3.05, 3.63) is 11.6 Å². The maximum absolute atomic E-state index is 10.9. The third-order valence-electron chi connectivity index (χ3n) is 8.48. The highest BCUT2D eigenvalue weighted by molar-refractivity contribution is 5.22. The minimum Gasteiger partial charge on any atom is -0.394 e. The van der Waals surface area contributed by atoms with Gasteiger partial charge in [-0.05, 0) is 12.5 Å². The SMILES string of the molecule is CC1OC(OC2C(CO)OC(OC3C(O)C(O)C(O)O[C@@H]3CO)C(O)C2O)C(O)C(O)C1N[C@@H]1C=C(CO)C(O)C(O)C1O. The van der Waals surface area contributed by atoms with Crippen molar-refractivity contribution in [1.29, 1.82) is 0 Å². The number of aliphatic hydroxyl groups excluding tert-OH is 13. The van der Waals surface area contributed by atoms with E-state index < -0.39 is 136 Å². The summed E-state index contributed by atoms with van der Waals surface area (Å²) in [6, 6.07) is -2.17. The van der Waals surface area contributed by atoms with Crippen LogP contribution < -0.4 is 5.32 Å². The highest BCUT2D eigenvalue weighted by atomic mass is 16.7. The van der Waals surface area contributed by atoms with Crippen molar-refractivity contribution in [3.63, 3.8) is 0 Å². The molecule has 4 rings (SSSR count). The van der Waals surface area contributed by atoms with E-state index in [0.717, 1.165) is 0 Å². The number of hydrogen-bond donors (Lipinski definition) is 14. The zero-order valence-electron chi connectivity index (χ0n) is 23.5. The molecule has 44 heavy (non-hydrogen) atoms. The zero-order valence-corrected chi connectivity index (χ0v) is 23.5. The molecule has 19 atom stereocenters. The summed E-state index contributed by atoms with van der Waals surface area (Å²) in [4.78, 5) is 0. The van der Waals surface area contributed by atoms with Crippen LogP contribution in [0, 0.1) is 0 Å². The van der Waals surface area contributed by atoms with Crippen molar-refractivity contribution < 1.29 is 90.1 Å². The molecular weight excluding hydrogens is 602 g/mol. The van der Waals surface area contributed by atoms with Gasteiger partial charge >= 0.3 is 0 Å². The van der Waals surface area contributed by atoms with Crippen LogP contribution in [-0.2, 0) is 23.7 Å². The Kier molecular flexibility index (Phi) is 12.1. The lowest BCUT2D eigenvalue weighted by molar-refractivity contribution is -0.373. The lowest BCUT2D eigenvalue weighted by Crippen LogP contribution is -2.68. The van der Waals surface area contributed by atoms with Crippen LogP contribution in [0.2, 0.25) is 0 Å². The van der Waals surface area contributed by atoms with Crippen molar-refractivity contribution in [1.82, 2.24) is 5.32 Å². The average molecular weight is 646 g/mol. The smallest absolute Gasteiger partial charge is 0.187 e. The monoisotopic (exact) mass is 645 g/mol. The Balaban J connectivity index is 1.42. The van der Waals surface area contributed by atoms with Gasteiger partial charge in [-0.2, -0.15) is 0 Å². The number of nitrogens with one attached hydrogen (secondary N) is 1. The Labute approximate surface area is 250 Å². The molecule has 3 heterocycles. The Bertz CT molecular complexity index is 958. The van der Waals surface area contributed by atoms with Crippen molar-refractivity contribution in [2.45, 2.75) is 123 Å². The number of rotatable bonds is 9. The Morgan fingerprint density at radius 3 is 1.73 bits per heavy atom. The standard InChI is InChI=1S/C25H43NO18/c1-6-11(26-8-2-7(3-27)12(30)15(33)13(8)31)14(32)19(37)24(40-6)43-22-10(5-29)42-25(20(38)17(22)35)44-21-9(4-28)41-23(39)18(36)16(21)34/h2,6,8-39H,3-5H2,1H3/t6?,8-,9-,10?,11?,12?,13?,14?,15?,16?,17?,18?,19?,20?,21?,22?,23?,24?,25?/m1/s1. The fraction of sp³-hybridized carbons (Fsp3) is 0.920. The first-order valence-corrected chi connectivity index (χ1v) is 14.1. The summed E-state index contributed by atoms with van der Waals surface area (Å²) in [6.07, 6.45) is -26.6. The molecule has 4 aliphatic rings. The second-order valence-electron chi connectivity index (χ2n) is 11.4. The van der Waals surface area contributed by atoms with Gasteiger partial charge in [0.1, 0.15) is 79.4 Å². The first kappa shape index (κ1) is 35.8. The molecule has 0 bridgehead atoms. The van der Waals surface area contributed by atoms with Gasteiger partial charge in [0.25, 0.3) is 0 Å². The second kappa shape index (κ2) is 14.8. The molecule has 0 aromatic heterocycles. The van der Waals surface area contributed by atoms with Gasteiger partial charge in [0.15, 0.2) is 18.9 Å². The van der Waals surface area contributed by atoms with Crippen LogP contribution in [0.1, 0.15) is 6.92 Å². The quantitative estimate of drug-likeness (QED) is 0.103. The van der Waals surface area contributed by atoms with E-state index >= 15 is 0 Å². The van der Waals surface area contributed by atoms with Crippen LogP contribution >= 0.6 is 0 Å². The molecular formula is C25H43NO18. The van der Waals surface area contributed by atoms with Gasteiger partial charge in [-0.1, -0.05) is 6.08 Å². The van der Waals surface area contributed by atoms with Gasteiger partial charge in [-0.3, -0.25) is 0 Å². The van der Waals surface area contributed by atoms with Gasteiger partial charge in [0.05, 0.1) is 38.0 Å². The highest BCUT2D eigenvalue weighted by Gasteiger charge is 2.53. The number of ether oxygens (including phenoxy) is 5. The van der Waals surface area contributed by atoms with E-state index in [1.165, 1.54) is 13.0 Å². The molecule has 14 N–H and O–H groups in total. The number of aliphatic hydroxyl groups is 13. The molecule has 0 spiro atoms.